The van der Waals surface area contributed by atoms with Crippen LogP contribution in [0.5, 0.6) is 0 Å². The summed E-state index contributed by atoms with van der Waals surface area (Å²) in [5.41, 5.74) is -0.303. The molecule has 4 atom stereocenters. The van der Waals surface area contributed by atoms with Gasteiger partial charge in [-0.2, -0.15) is 0 Å². The van der Waals surface area contributed by atoms with Crippen molar-refractivity contribution >= 4 is 23.6 Å². The second-order valence-corrected chi connectivity index (χ2v) is 7.00. The number of ether oxygens (including phenoxy) is 2. The average Bonchev–Trinajstić information content (AvgIpc) is 2.97. The summed E-state index contributed by atoms with van der Waals surface area (Å²) in [6.45, 7) is 1.21. The third-order valence-corrected chi connectivity index (χ3v) is 5.04. The second kappa shape index (κ2) is 9.01. The number of hydrogen-bond donors (Lipinski definition) is 4. The van der Waals surface area contributed by atoms with Gasteiger partial charge in [-0.3, -0.25) is 19.1 Å². The van der Waals surface area contributed by atoms with Crippen molar-refractivity contribution in [1.29, 1.82) is 0 Å². The predicted octanol–water partition coefficient (Wildman–Crippen LogP) is -1.09. The van der Waals surface area contributed by atoms with Crippen molar-refractivity contribution in [2.75, 3.05) is 19.7 Å². The first-order valence-electron chi connectivity index (χ1n) is 8.93. The maximum atomic E-state index is 12.1. The number of aromatic amines is 1. The standard InChI is InChI=1S/C17H22ClN3O7/c18-4-1-10-7-21(17(26)20-14(10)24)15-13(23)12(22)11(28-15)8-27-16(25)9-2-5-19-6-3-9/h1,4,7,9,11-13,15,19,22-23H,2-3,5-6,8H2,(H,20,24,26). The average molecular weight is 416 g/mol. The lowest BCUT2D eigenvalue weighted by atomic mass is 9.98. The van der Waals surface area contributed by atoms with Gasteiger partial charge in [0.05, 0.1) is 11.5 Å². The van der Waals surface area contributed by atoms with Crippen LogP contribution in [0.4, 0.5) is 0 Å². The van der Waals surface area contributed by atoms with Crippen LogP contribution < -0.4 is 16.6 Å². The molecule has 0 amide bonds. The van der Waals surface area contributed by atoms with Gasteiger partial charge in [-0.25, -0.2) is 4.79 Å². The topological polar surface area (TPSA) is 143 Å². The number of halogens is 1. The van der Waals surface area contributed by atoms with E-state index in [0.717, 1.165) is 23.2 Å². The second-order valence-electron chi connectivity index (χ2n) is 6.74. The number of aromatic nitrogens is 2. The maximum absolute atomic E-state index is 12.1. The number of hydrogen-bond acceptors (Lipinski definition) is 8. The Balaban J connectivity index is 1.70. The molecule has 2 aliphatic rings. The van der Waals surface area contributed by atoms with Crippen molar-refractivity contribution in [3.8, 4) is 0 Å². The van der Waals surface area contributed by atoms with Gasteiger partial charge in [0.2, 0.25) is 0 Å². The lowest BCUT2D eigenvalue weighted by molar-refractivity contribution is -0.155. The number of nitrogens with zero attached hydrogens (tertiary/aromatic N) is 1. The number of H-pyrrole nitrogens is 1. The zero-order valence-corrected chi connectivity index (χ0v) is 15.7. The van der Waals surface area contributed by atoms with E-state index >= 15 is 0 Å². The molecule has 10 nitrogen and oxygen atoms in total. The number of carbonyl (C=O) groups excluding carboxylic acids is 1. The molecule has 1 aromatic rings. The van der Waals surface area contributed by atoms with Crippen LogP contribution in [0.15, 0.2) is 21.3 Å². The van der Waals surface area contributed by atoms with Crippen LogP contribution >= 0.6 is 11.6 Å². The highest BCUT2D eigenvalue weighted by atomic mass is 35.5. The number of aliphatic hydroxyl groups is 2. The Morgan fingerprint density at radius 3 is 2.71 bits per heavy atom. The van der Waals surface area contributed by atoms with E-state index in [-0.39, 0.29) is 24.1 Å². The Morgan fingerprint density at radius 1 is 1.32 bits per heavy atom. The van der Waals surface area contributed by atoms with E-state index in [1.54, 1.807) is 0 Å². The number of aliphatic hydroxyl groups excluding tert-OH is 2. The Hall–Kier alpha value is -1.98. The zero-order valence-electron chi connectivity index (χ0n) is 14.9. The summed E-state index contributed by atoms with van der Waals surface area (Å²) in [6, 6.07) is 0. The smallest absolute Gasteiger partial charge is 0.330 e. The fourth-order valence-corrected chi connectivity index (χ4v) is 3.45. The Morgan fingerprint density at radius 2 is 2.04 bits per heavy atom. The fraction of sp³-hybridized carbons (Fsp3) is 0.588. The van der Waals surface area contributed by atoms with Crippen LogP contribution in [0.2, 0.25) is 0 Å². The summed E-state index contributed by atoms with van der Waals surface area (Å²) in [5.74, 6) is -0.599. The first-order chi connectivity index (χ1) is 13.4. The van der Waals surface area contributed by atoms with Gasteiger partial charge >= 0.3 is 11.7 Å². The molecule has 4 unspecified atom stereocenters. The predicted molar refractivity (Wildman–Crippen MR) is 98.7 cm³/mol. The van der Waals surface area contributed by atoms with Gasteiger partial charge < -0.3 is 25.0 Å². The van der Waals surface area contributed by atoms with Gasteiger partial charge in [0.1, 0.15) is 24.9 Å². The SMILES string of the molecule is O=C(OCC1OC(n2cc(C=CCl)c(=O)[nH]c2=O)C(O)C1O)C1CCNCC1. The molecule has 11 heteroatoms. The largest absolute Gasteiger partial charge is 0.463 e. The summed E-state index contributed by atoms with van der Waals surface area (Å²) in [4.78, 5) is 38.1. The number of piperidine rings is 1. The summed E-state index contributed by atoms with van der Waals surface area (Å²) in [7, 11) is 0. The lowest BCUT2D eigenvalue weighted by Crippen LogP contribution is -2.38. The quantitative estimate of drug-likeness (QED) is 0.444. The van der Waals surface area contributed by atoms with Gasteiger partial charge in [-0.05, 0) is 32.0 Å². The molecule has 3 rings (SSSR count). The van der Waals surface area contributed by atoms with E-state index in [0.29, 0.717) is 12.8 Å². The van der Waals surface area contributed by atoms with Crippen molar-refractivity contribution in [2.24, 2.45) is 5.92 Å². The van der Waals surface area contributed by atoms with E-state index in [4.69, 9.17) is 21.1 Å². The molecule has 2 aliphatic heterocycles. The van der Waals surface area contributed by atoms with Gasteiger partial charge in [0, 0.05) is 11.7 Å². The number of nitrogens with one attached hydrogen (secondary N) is 2. The van der Waals surface area contributed by atoms with Crippen LogP contribution in [0.1, 0.15) is 24.6 Å². The third kappa shape index (κ3) is 4.36. The molecule has 0 spiro atoms. The summed E-state index contributed by atoms with van der Waals surface area (Å²) in [6.07, 6.45) is -1.34. The van der Waals surface area contributed by atoms with Crippen molar-refractivity contribution < 1.29 is 24.5 Å². The Kier molecular flexibility index (Phi) is 6.68. The molecule has 2 fully saturated rings. The number of esters is 1. The lowest BCUT2D eigenvalue weighted by Gasteiger charge is -2.22. The Bertz CT molecular complexity index is 846. The van der Waals surface area contributed by atoms with E-state index in [1.807, 2.05) is 0 Å². The van der Waals surface area contributed by atoms with Gasteiger partial charge in [-0.1, -0.05) is 11.6 Å². The Labute approximate surface area is 164 Å². The maximum Gasteiger partial charge on any atom is 0.330 e. The first kappa shape index (κ1) is 20.7. The molecular weight excluding hydrogens is 394 g/mol. The minimum atomic E-state index is -1.46. The minimum absolute atomic E-state index is 0.0701. The van der Waals surface area contributed by atoms with E-state index in [1.165, 1.54) is 12.3 Å². The molecular formula is C17H22ClN3O7. The van der Waals surface area contributed by atoms with Crippen LogP contribution in [-0.4, -0.2) is 63.7 Å². The van der Waals surface area contributed by atoms with E-state index in [9.17, 15) is 24.6 Å². The fourth-order valence-electron chi connectivity index (χ4n) is 3.31. The number of carbonyl (C=O) groups is 1. The molecule has 0 saturated carbocycles. The van der Waals surface area contributed by atoms with Gasteiger partial charge in [0.15, 0.2) is 6.23 Å². The third-order valence-electron chi connectivity index (χ3n) is 4.91. The van der Waals surface area contributed by atoms with Crippen molar-refractivity contribution in [1.82, 2.24) is 14.9 Å². The van der Waals surface area contributed by atoms with Crippen molar-refractivity contribution in [3.63, 3.8) is 0 Å². The van der Waals surface area contributed by atoms with Crippen LogP contribution in [-0.2, 0) is 14.3 Å². The molecule has 4 N–H and O–H groups in total. The summed E-state index contributed by atoms with van der Waals surface area (Å²) < 4.78 is 11.8. The molecule has 0 bridgehead atoms. The summed E-state index contributed by atoms with van der Waals surface area (Å²) in [5, 5.41) is 23.7. The van der Waals surface area contributed by atoms with E-state index in [2.05, 4.69) is 10.3 Å². The molecule has 28 heavy (non-hydrogen) atoms. The zero-order chi connectivity index (χ0) is 20.3. The van der Waals surface area contributed by atoms with Gasteiger partial charge in [-0.15, -0.1) is 0 Å². The normalized spacial score (nSPS) is 28.7. The highest BCUT2D eigenvalue weighted by molar-refractivity contribution is 6.27. The minimum Gasteiger partial charge on any atom is -0.463 e. The van der Waals surface area contributed by atoms with Crippen LogP contribution in [0.3, 0.4) is 0 Å². The molecule has 2 saturated heterocycles. The highest BCUT2D eigenvalue weighted by Crippen LogP contribution is 2.29. The monoisotopic (exact) mass is 415 g/mol. The van der Waals surface area contributed by atoms with Crippen LogP contribution in [0.25, 0.3) is 6.08 Å². The van der Waals surface area contributed by atoms with Gasteiger partial charge in [0.25, 0.3) is 5.56 Å². The molecule has 0 aromatic carbocycles. The molecule has 3 heterocycles. The molecule has 0 aliphatic carbocycles. The van der Waals surface area contributed by atoms with E-state index < -0.39 is 35.8 Å². The highest BCUT2D eigenvalue weighted by Gasteiger charge is 2.45. The first-order valence-corrected chi connectivity index (χ1v) is 9.37. The number of rotatable bonds is 5. The van der Waals surface area contributed by atoms with Crippen molar-refractivity contribution in [2.45, 2.75) is 37.4 Å². The molecule has 154 valence electrons. The molecule has 1 aromatic heterocycles. The summed E-state index contributed by atoms with van der Waals surface area (Å²) >= 11 is 5.48. The van der Waals surface area contributed by atoms with Crippen LogP contribution in [0, 0.1) is 5.92 Å². The van der Waals surface area contributed by atoms with Crippen molar-refractivity contribution in [3.05, 3.63) is 38.1 Å². The molecule has 0 radical (unpaired) electrons.